The maximum Gasteiger partial charge on any atom is 0.414 e. The lowest BCUT2D eigenvalue weighted by atomic mass is 9.97. The maximum atomic E-state index is 14.0. The van der Waals surface area contributed by atoms with Gasteiger partial charge in [-0.2, -0.15) is 13.2 Å². The SMILES string of the molecule is O=C(Nc1ccc(Cl)c([N+](=O)[O-])c1)N1CCc2c([nH]c3ccccc23)[C@H]1C(F)(F)F. The zero-order valence-electron chi connectivity index (χ0n) is 15.2. The Balaban J connectivity index is 1.69. The molecule has 2 heterocycles. The number of rotatable bonds is 2. The van der Waals surface area contributed by atoms with Gasteiger partial charge in [0.15, 0.2) is 6.04 Å². The van der Waals surface area contributed by atoms with E-state index < -0.39 is 28.9 Å². The highest BCUT2D eigenvalue weighted by atomic mass is 35.5. The lowest BCUT2D eigenvalue weighted by Crippen LogP contribution is -2.48. The van der Waals surface area contributed by atoms with Gasteiger partial charge in [0.1, 0.15) is 5.02 Å². The van der Waals surface area contributed by atoms with E-state index in [-0.39, 0.29) is 29.4 Å². The van der Waals surface area contributed by atoms with Gasteiger partial charge in [-0.1, -0.05) is 29.8 Å². The molecular formula is C19H14ClF3N4O3. The summed E-state index contributed by atoms with van der Waals surface area (Å²) in [5, 5.41) is 13.9. The van der Waals surface area contributed by atoms with E-state index in [1.807, 2.05) is 0 Å². The van der Waals surface area contributed by atoms with Gasteiger partial charge in [0.05, 0.1) is 10.6 Å². The first-order valence-corrected chi connectivity index (χ1v) is 9.22. The van der Waals surface area contributed by atoms with E-state index in [4.69, 9.17) is 11.6 Å². The molecule has 0 saturated carbocycles. The molecule has 0 radical (unpaired) electrons. The minimum Gasteiger partial charge on any atom is -0.356 e. The summed E-state index contributed by atoms with van der Waals surface area (Å²) in [6, 6.07) is 7.17. The summed E-state index contributed by atoms with van der Waals surface area (Å²) in [5.74, 6) is 0. The van der Waals surface area contributed by atoms with Crippen LogP contribution in [-0.2, 0) is 6.42 Å². The number of para-hydroxylation sites is 1. The molecule has 0 saturated heterocycles. The van der Waals surface area contributed by atoms with Gasteiger partial charge in [0, 0.05) is 29.2 Å². The fraction of sp³-hybridized carbons (Fsp3) is 0.211. The summed E-state index contributed by atoms with van der Waals surface area (Å²) in [6.07, 6.45) is -4.49. The first-order valence-electron chi connectivity index (χ1n) is 8.84. The second-order valence-corrected chi connectivity index (χ2v) is 7.21. The molecular weight excluding hydrogens is 425 g/mol. The smallest absolute Gasteiger partial charge is 0.356 e. The Morgan fingerprint density at radius 2 is 2.00 bits per heavy atom. The van der Waals surface area contributed by atoms with Crippen LogP contribution in [0.1, 0.15) is 17.3 Å². The van der Waals surface area contributed by atoms with Gasteiger partial charge in [0.25, 0.3) is 5.69 Å². The zero-order valence-corrected chi connectivity index (χ0v) is 15.9. The lowest BCUT2D eigenvalue weighted by molar-refractivity contribution is -0.384. The van der Waals surface area contributed by atoms with Crippen LogP contribution in [0.3, 0.4) is 0 Å². The molecule has 3 aromatic rings. The minimum absolute atomic E-state index is 0.0283. The van der Waals surface area contributed by atoms with Crippen LogP contribution in [0.2, 0.25) is 5.02 Å². The molecule has 1 aliphatic rings. The van der Waals surface area contributed by atoms with Crippen LogP contribution in [0.4, 0.5) is 29.3 Å². The number of aromatic nitrogens is 1. The van der Waals surface area contributed by atoms with Crippen LogP contribution in [0.5, 0.6) is 0 Å². The number of amides is 2. The van der Waals surface area contributed by atoms with Crippen molar-refractivity contribution in [2.75, 3.05) is 11.9 Å². The van der Waals surface area contributed by atoms with Gasteiger partial charge in [-0.3, -0.25) is 10.1 Å². The average molecular weight is 439 g/mol. The van der Waals surface area contributed by atoms with Crippen molar-refractivity contribution in [2.45, 2.75) is 18.6 Å². The quantitative estimate of drug-likeness (QED) is 0.413. The fourth-order valence-corrected chi connectivity index (χ4v) is 3.91. The molecule has 1 aromatic heterocycles. The molecule has 2 amide bonds. The number of carbonyl (C=O) groups is 1. The Hall–Kier alpha value is -3.27. The summed E-state index contributed by atoms with van der Waals surface area (Å²) in [7, 11) is 0. The van der Waals surface area contributed by atoms with Crippen LogP contribution in [0.25, 0.3) is 10.9 Å². The number of benzene rings is 2. The Labute approximate surface area is 172 Å². The Kier molecular flexibility index (Phi) is 4.81. The van der Waals surface area contributed by atoms with Crippen LogP contribution >= 0.6 is 11.6 Å². The van der Waals surface area contributed by atoms with Crippen LogP contribution in [-0.4, -0.2) is 33.6 Å². The first kappa shape index (κ1) is 20.0. The first-order chi connectivity index (χ1) is 14.2. The summed E-state index contributed by atoms with van der Waals surface area (Å²) < 4.78 is 41.9. The standard InChI is InChI=1S/C19H14ClF3N4O3/c20-13-6-5-10(9-15(13)27(29)30)24-18(28)26-8-7-12-11-3-1-2-4-14(11)25-16(12)17(26)19(21,22)23/h1-6,9,17,25H,7-8H2,(H,24,28)/t17-/m0/s1. The van der Waals surface area contributed by atoms with Gasteiger partial charge in [-0.25, -0.2) is 4.79 Å². The second-order valence-electron chi connectivity index (χ2n) is 6.80. The van der Waals surface area contributed by atoms with E-state index in [0.717, 1.165) is 6.07 Å². The molecule has 0 unspecified atom stereocenters. The second kappa shape index (κ2) is 7.21. The highest BCUT2D eigenvalue weighted by Gasteiger charge is 2.50. The van der Waals surface area contributed by atoms with Gasteiger partial charge in [-0.15, -0.1) is 0 Å². The Morgan fingerprint density at radius 1 is 1.27 bits per heavy atom. The summed E-state index contributed by atoms with van der Waals surface area (Å²) in [4.78, 5) is 26.5. The molecule has 4 rings (SSSR count). The van der Waals surface area contributed by atoms with Crippen LogP contribution in [0, 0.1) is 10.1 Å². The number of urea groups is 1. The Bertz CT molecular complexity index is 1160. The van der Waals surface area contributed by atoms with Gasteiger partial charge in [-0.05, 0) is 30.2 Å². The third-order valence-corrected chi connectivity index (χ3v) is 5.32. The van der Waals surface area contributed by atoms with Crippen molar-refractivity contribution < 1.29 is 22.9 Å². The molecule has 11 heteroatoms. The number of carbonyl (C=O) groups excluding carboxylic acids is 1. The van der Waals surface area contributed by atoms with E-state index in [1.165, 1.54) is 12.1 Å². The van der Waals surface area contributed by atoms with E-state index in [0.29, 0.717) is 21.4 Å². The molecule has 0 fully saturated rings. The number of fused-ring (bicyclic) bond motifs is 3. The summed E-state index contributed by atoms with van der Waals surface area (Å²) in [5.41, 5.74) is 0.525. The number of nitrogens with zero attached hydrogens (tertiary/aromatic N) is 2. The number of nitrogens with one attached hydrogen (secondary N) is 2. The van der Waals surface area contributed by atoms with Crippen molar-refractivity contribution in [3.8, 4) is 0 Å². The lowest BCUT2D eigenvalue weighted by Gasteiger charge is -2.36. The number of hydrogen-bond donors (Lipinski definition) is 2. The Morgan fingerprint density at radius 3 is 2.70 bits per heavy atom. The van der Waals surface area contributed by atoms with E-state index in [2.05, 4.69) is 10.3 Å². The molecule has 7 nitrogen and oxygen atoms in total. The number of nitro groups is 1. The van der Waals surface area contributed by atoms with Crippen molar-refractivity contribution in [3.63, 3.8) is 0 Å². The van der Waals surface area contributed by atoms with Crippen molar-refractivity contribution in [3.05, 3.63) is 68.9 Å². The van der Waals surface area contributed by atoms with E-state index in [9.17, 15) is 28.1 Å². The number of aromatic amines is 1. The molecule has 30 heavy (non-hydrogen) atoms. The zero-order chi connectivity index (χ0) is 21.6. The molecule has 1 aliphatic heterocycles. The number of H-pyrrole nitrogens is 1. The molecule has 1 atom stereocenters. The highest BCUT2D eigenvalue weighted by molar-refractivity contribution is 6.32. The normalized spacial score (nSPS) is 16.4. The molecule has 2 aromatic carbocycles. The predicted molar refractivity (Wildman–Crippen MR) is 105 cm³/mol. The van der Waals surface area contributed by atoms with Gasteiger partial charge >= 0.3 is 12.2 Å². The van der Waals surface area contributed by atoms with Gasteiger partial charge in [0.2, 0.25) is 0 Å². The van der Waals surface area contributed by atoms with Crippen LogP contribution in [0.15, 0.2) is 42.5 Å². The number of hydrogen-bond acceptors (Lipinski definition) is 3. The van der Waals surface area contributed by atoms with E-state index >= 15 is 0 Å². The molecule has 0 bridgehead atoms. The number of halogens is 4. The minimum atomic E-state index is -4.72. The maximum absolute atomic E-state index is 14.0. The van der Waals surface area contributed by atoms with Crippen molar-refractivity contribution in [1.82, 2.24) is 9.88 Å². The van der Waals surface area contributed by atoms with Crippen LogP contribution < -0.4 is 5.32 Å². The summed E-state index contributed by atoms with van der Waals surface area (Å²) in [6.45, 7) is -0.166. The number of anilines is 1. The topological polar surface area (TPSA) is 91.3 Å². The summed E-state index contributed by atoms with van der Waals surface area (Å²) >= 11 is 5.74. The third kappa shape index (κ3) is 3.43. The largest absolute Gasteiger partial charge is 0.414 e. The molecule has 2 N–H and O–H groups in total. The monoisotopic (exact) mass is 438 g/mol. The van der Waals surface area contributed by atoms with Crippen molar-refractivity contribution in [1.29, 1.82) is 0 Å². The van der Waals surface area contributed by atoms with E-state index in [1.54, 1.807) is 24.3 Å². The fourth-order valence-electron chi connectivity index (χ4n) is 3.73. The van der Waals surface area contributed by atoms with Crippen molar-refractivity contribution in [2.24, 2.45) is 0 Å². The third-order valence-electron chi connectivity index (χ3n) is 5.00. The molecule has 156 valence electrons. The van der Waals surface area contributed by atoms with Crippen molar-refractivity contribution >= 4 is 39.9 Å². The van der Waals surface area contributed by atoms with Gasteiger partial charge < -0.3 is 15.2 Å². The average Bonchev–Trinajstić information content (AvgIpc) is 3.06. The number of alkyl halides is 3. The molecule has 0 spiro atoms. The number of nitro benzene ring substituents is 1. The molecule has 0 aliphatic carbocycles. The highest BCUT2D eigenvalue weighted by Crippen LogP contribution is 2.44. The predicted octanol–water partition coefficient (Wildman–Crippen LogP) is 5.42.